The lowest BCUT2D eigenvalue weighted by Gasteiger charge is -2.18. The summed E-state index contributed by atoms with van der Waals surface area (Å²) in [4.78, 5) is 22.5. The molecule has 0 aliphatic carbocycles. The van der Waals surface area contributed by atoms with Gasteiger partial charge in [-0.25, -0.2) is 4.79 Å². The summed E-state index contributed by atoms with van der Waals surface area (Å²) in [7, 11) is 0. The van der Waals surface area contributed by atoms with Crippen LogP contribution in [0.25, 0.3) is 0 Å². The first-order chi connectivity index (χ1) is 8.25. The van der Waals surface area contributed by atoms with Crippen molar-refractivity contribution in [1.29, 1.82) is 0 Å². The highest BCUT2D eigenvalue weighted by Gasteiger charge is 2.30. The molecule has 1 rings (SSSR count). The van der Waals surface area contributed by atoms with Crippen LogP contribution in [0.1, 0.15) is 22.8 Å². The fourth-order valence-electron chi connectivity index (χ4n) is 1.25. The van der Waals surface area contributed by atoms with Crippen molar-refractivity contribution < 1.29 is 19.8 Å². The van der Waals surface area contributed by atoms with E-state index in [-0.39, 0.29) is 6.54 Å². The monoisotopic (exact) mass is 315 g/mol. The summed E-state index contributed by atoms with van der Waals surface area (Å²) in [6.07, 6.45) is 0. The highest BCUT2D eigenvalue weighted by atomic mass is 79.9. The van der Waals surface area contributed by atoms with Crippen molar-refractivity contribution in [3.05, 3.63) is 33.8 Å². The summed E-state index contributed by atoms with van der Waals surface area (Å²) in [5, 5.41) is 20.6. The second-order valence-electron chi connectivity index (χ2n) is 4.20. The minimum Gasteiger partial charge on any atom is -0.479 e. The van der Waals surface area contributed by atoms with Crippen LogP contribution in [0.2, 0.25) is 0 Å². The van der Waals surface area contributed by atoms with Gasteiger partial charge in [-0.15, -0.1) is 0 Å². The number of hydrogen-bond donors (Lipinski definition) is 3. The average molecular weight is 316 g/mol. The van der Waals surface area contributed by atoms with Crippen molar-refractivity contribution in [2.24, 2.45) is 0 Å². The molecular weight excluding hydrogens is 302 g/mol. The Bertz CT molecular complexity index is 485. The summed E-state index contributed by atoms with van der Waals surface area (Å²) in [5.41, 5.74) is -0.685. The Morgan fingerprint density at radius 1 is 1.44 bits per heavy atom. The minimum absolute atomic E-state index is 0.360. The molecule has 0 heterocycles. The minimum atomic E-state index is -1.98. The van der Waals surface area contributed by atoms with Gasteiger partial charge in [0.05, 0.1) is 12.1 Å². The highest BCUT2D eigenvalue weighted by Crippen LogP contribution is 2.20. The molecule has 0 aliphatic rings. The summed E-state index contributed by atoms with van der Waals surface area (Å²) in [6, 6.07) is 5.18. The number of aliphatic hydroxyl groups is 1. The number of carbonyl (C=O) groups excluding carboxylic acids is 1. The second kappa shape index (κ2) is 5.49. The number of amides is 1. The molecule has 1 aromatic carbocycles. The van der Waals surface area contributed by atoms with Gasteiger partial charge in [0.2, 0.25) is 0 Å². The third kappa shape index (κ3) is 3.30. The zero-order valence-corrected chi connectivity index (χ0v) is 11.6. The second-order valence-corrected chi connectivity index (χ2v) is 4.99. The molecule has 1 aromatic rings. The van der Waals surface area contributed by atoms with Gasteiger partial charge in [0, 0.05) is 4.47 Å². The van der Waals surface area contributed by atoms with Crippen molar-refractivity contribution in [3.63, 3.8) is 0 Å². The zero-order valence-electron chi connectivity index (χ0n) is 10.0. The SMILES string of the molecule is Cc1cccc(C(=O)NCC(C)(O)C(=O)O)c1Br. The molecule has 0 fully saturated rings. The summed E-state index contributed by atoms with van der Waals surface area (Å²) in [6.45, 7) is 2.61. The number of carboxylic acid groups (broad SMARTS) is 1. The molecule has 0 spiro atoms. The molecule has 5 nitrogen and oxygen atoms in total. The van der Waals surface area contributed by atoms with Crippen LogP contribution in [-0.2, 0) is 4.79 Å². The molecular formula is C12H14BrNO4. The zero-order chi connectivity index (χ0) is 13.9. The van der Waals surface area contributed by atoms with E-state index in [0.717, 1.165) is 12.5 Å². The van der Waals surface area contributed by atoms with Gasteiger partial charge in [0.25, 0.3) is 5.91 Å². The Morgan fingerprint density at radius 2 is 2.06 bits per heavy atom. The summed E-state index contributed by atoms with van der Waals surface area (Å²) in [5.74, 6) is -1.82. The number of carboxylic acids is 1. The first kappa shape index (κ1) is 14.7. The van der Waals surface area contributed by atoms with E-state index < -0.39 is 17.5 Å². The summed E-state index contributed by atoms with van der Waals surface area (Å²) >= 11 is 3.29. The molecule has 0 bridgehead atoms. The standard InChI is InChI=1S/C12H14BrNO4/c1-7-4-3-5-8(9(7)13)10(15)14-6-12(2,18)11(16)17/h3-5,18H,6H2,1-2H3,(H,14,15)(H,16,17). The first-order valence-corrected chi connectivity index (χ1v) is 6.04. The van der Waals surface area contributed by atoms with Crippen molar-refractivity contribution in [3.8, 4) is 0 Å². The molecule has 0 aliphatic heterocycles. The number of carbonyl (C=O) groups is 2. The lowest BCUT2D eigenvalue weighted by Crippen LogP contribution is -2.46. The van der Waals surface area contributed by atoms with Crippen LogP contribution >= 0.6 is 15.9 Å². The molecule has 1 atom stereocenters. The molecule has 0 saturated carbocycles. The van der Waals surface area contributed by atoms with Crippen molar-refractivity contribution in [2.75, 3.05) is 6.54 Å². The van der Waals surface area contributed by atoms with Crippen molar-refractivity contribution in [1.82, 2.24) is 5.32 Å². The Balaban J connectivity index is 2.78. The maximum atomic E-state index is 11.8. The molecule has 1 unspecified atom stereocenters. The number of hydrogen-bond acceptors (Lipinski definition) is 3. The smallest absolute Gasteiger partial charge is 0.337 e. The van der Waals surface area contributed by atoms with Gasteiger partial charge in [0.15, 0.2) is 5.60 Å². The van der Waals surface area contributed by atoms with Gasteiger partial charge >= 0.3 is 5.97 Å². The number of rotatable bonds is 4. The third-order valence-electron chi connectivity index (χ3n) is 2.49. The van der Waals surface area contributed by atoms with E-state index in [1.165, 1.54) is 0 Å². The largest absolute Gasteiger partial charge is 0.479 e. The number of aryl methyl sites for hydroxylation is 1. The van der Waals surface area contributed by atoms with Crippen molar-refractivity contribution >= 4 is 27.8 Å². The topological polar surface area (TPSA) is 86.6 Å². The molecule has 0 saturated heterocycles. The normalized spacial score (nSPS) is 13.8. The first-order valence-electron chi connectivity index (χ1n) is 5.25. The van der Waals surface area contributed by atoms with Crippen LogP contribution in [0, 0.1) is 6.92 Å². The Morgan fingerprint density at radius 3 is 2.61 bits per heavy atom. The van der Waals surface area contributed by atoms with Gasteiger partial charge in [0.1, 0.15) is 0 Å². The fourth-order valence-corrected chi connectivity index (χ4v) is 1.69. The van der Waals surface area contributed by atoms with Gasteiger partial charge in [-0.05, 0) is 41.4 Å². The predicted octanol–water partition coefficient (Wildman–Crippen LogP) is 1.32. The lowest BCUT2D eigenvalue weighted by molar-refractivity contribution is -0.155. The van der Waals surface area contributed by atoms with Crippen LogP contribution in [-0.4, -0.2) is 34.2 Å². The van der Waals surface area contributed by atoms with E-state index in [1.54, 1.807) is 12.1 Å². The maximum Gasteiger partial charge on any atom is 0.337 e. The number of aliphatic carboxylic acids is 1. The Kier molecular flexibility index (Phi) is 4.48. The average Bonchev–Trinajstić information content (AvgIpc) is 2.29. The molecule has 3 N–H and O–H groups in total. The maximum absolute atomic E-state index is 11.8. The van der Waals surface area contributed by atoms with Crippen LogP contribution < -0.4 is 5.32 Å². The van der Waals surface area contributed by atoms with E-state index in [4.69, 9.17) is 5.11 Å². The van der Waals surface area contributed by atoms with E-state index in [2.05, 4.69) is 21.2 Å². The fraction of sp³-hybridized carbons (Fsp3) is 0.333. The third-order valence-corrected chi connectivity index (χ3v) is 3.54. The van der Waals surface area contributed by atoms with Crippen LogP contribution in [0.4, 0.5) is 0 Å². The molecule has 1 amide bonds. The van der Waals surface area contributed by atoms with Crippen LogP contribution in [0.5, 0.6) is 0 Å². The van der Waals surface area contributed by atoms with Gasteiger partial charge in [-0.1, -0.05) is 12.1 Å². The summed E-state index contributed by atoms with van der Waals surface area (Å²) < 4.78 is 0.650. The molecule has 18 heavy (non-hydrogen) atoms. The van der Waals surface area contributed by atoms with E-state index >= 15 is 0 Å². The van der Waals surface area contributed by atoms with Crippen molar-refractivity contribution in [2.45, 2.75) is 19.4 Å². The van der Waals surface area contributed by atoms with Crippen LogP contribution in [0.3, 0.4) is 0 Å². The quantitative estimate of drug-likeness (QED) is 0.782. The van der Waals surface area contributed by atoms with Gasteiger partial charge in [-0.2, -0.15) is 0 Å². The van der Waals surface area contributed by atoms with Crippen LogP contribution in [0.15, 0.2) is 22.7 Å². The van der Waals surface area contributed by atoms with E-state index in [1.807, 2.05) is 13.0 Å². The lowest BCUT2D eigenvalue weighted by atomic mass is 10.1. The molecule has 0 aromatic heterocycles. The molecule has 6 heteroatoms. The number of halogens is 1. The molecule has 98 valence electrons. The number of benzene rings is 1. The molecule has 0 radical (unpaired) electrons. The Labute approximate surface area is 113 Å². The van der Waals surface area contributed by atoms with Gasteiger partial charge < -0.3 is 15.5 Å². The number of nitrogens with one attached hydrogen (secondary N) is 1. The van der Waals surface area contributed by atoms with E-state index in [0.29, 0.717) is 10.0 Å². The highest BCUT2D eigenvalue weighted by molar-refractivity contribution is 9.10. The predicted molar refractivity (Wildman–Crippen MR) is 69.5 cm³/mol. The van der Waals surface area contributed by atoms with Gasteiger partial charge in [-0.3, -0.25) is 4.79 Å². The van der Waals surface area contributed by atoms with E-state index in [9.17, 15) is 14.7 Å². The Hall–Kier alpha value is -1.40.